The van der Waals surface area contributed by atoms with Crippen LogP contribution in [0.25, 0.3) is 11.1 Å². The first-order chi connectivity index (χ1) is 17.4. The number of carbonyl (C=O) groups excluding carboxylic acids is 2. The van der Waals surface area contributed by atoms with Crippen LogP contribution in [0.1, 0.15) is 54.8 Å². The maximum Gasteiger partial charge on any atom is 0.270 e. The normalized spacial score (nSPS) is 13.3. The van der Waals surface area contributed by atoms with E-state index >= 15 is 0 Å². The number of hydrogen-bond acceptors (Lipinski definition) is 5. The van der Waals surface area contributed by atoms with Crippen LogP contribution in [0.2, 0.25) is 0 Å². The molecule has 3 aromatic carbocycles. The molecule has 7 nitrogen and oxygen atoms in total. The largest absolute Gasteiger partial charge is 0.347 e. The van der Waals surface area contributed by atoms with Crippen LogP contribution in [-0.2, 0) is 6.54 Å². The van der Waals surface area contributed by atoms with E-state index in [0.29, 0.717) is 11.1 Å². The number of hydrogen-bond donors (Lipinski definition) is 2. The Bertz CT molecular complexity index is 1560. The summed E-state index contributed by atoms with van der Waals surface area (Å²) < 4.78 is 13.5. The van der Waals surface area contributed by atoms with Crippen molar-refractivity contribution < 1.29 is 14.0 Å². The van der Waals surface area contributed by atoms with Crippen LogP contribution < -0.4 is 10.6 Å². The van der Waals surface area contributed by atoms with Crippen LogP contribution >= 0.6 is 0 Å². The third-order valence-electron chi connectivity index (χ3n) is 6.14. The van der Waals surface area contributed by atoms with Crippen molar-refractivity contribution in [3.63, 3.8) is 0 Å². The molecule has 1 atom stereocenters. The van der Waals surface area contributed by atoms with Crippen molar-refractivity contribution in [2.75, 3.05) is 0 Å². The summed E-state index contributed by atoms with van der Waals surface area (Å²) in [5.74, 6) is -1.25. The van der Waals surface area contributed by atoms with E-state index in [1.54, 1.807) is 25.1 Å². The lowest BCUT2D eigenvalue weighted by atomic mass is 10.0. The summed E-state index contributed by atoms with van der Waals surface area (Å²) >= 11 is 0. The Kier molecular flexibility index (Phi) is 5.97. The van der Waals surface area contributed by atoms with Crippen LogP contribution in [0.5, 0.6) is 0 Å². The van der Waals surface area contributed by atoms with Crippen LogP contribution in [-0.4, -0.2) is 21.8 Å². The smallest absolute Gasteiger partial charge is 0.270 e. The second-order valence-electron chi connectivity index (χ2n) is 8.46. The maximum atomic E-state index is 13.5. The molecule has 4 aromatic rings. The van der Waals surface area contributed by atoms with Crippen LogP contribution in [0.15, 0.2) is 73.1 Å². The molecule has 0 fully saturated rings. The summed E-state index contributed by atoms with van der Waals surface area (Å²) in [6, 6.07) is 20.7. The highest BCUT2D eigenvalue weighted by atomic mass is 19.1. The highest BCUT2D eigenvalue weighted by molar-refractivity contribution is 5.98. The molecule has 1 heterocycles. The molecule has 8 heteroatoms. The van der Waals surface area contributed by atoms with Gasteiger partial charge in [0.1, 0.15) is 23.5 Å². The van der Waals surface area contributed by atoms with E-state index < -0.39 is 17.9 Å². The zero-order valence-electron chi connectivity index (χ0n) is 19.2. The van der Waals surface area contributed by atoms with Gasteiger partial charge in [-0.3, -0.25) is 9.59 Å². The Hall–Kier alpha value is -4.90. The lowest BCUT2D eigenvalue weighted by molar-refractivity contribution is 0.0938. The molecule has 0 radical (unpaired) electrons. The Balaban J connectivity index is 1.34. The number of aryl methyl sites for hydroxylation is 1. The van der Waals surface area contributed by atoms with Gasteiger partial charge in [-0.05, 0) is 58.5 Å². The number of carbonyl (C=O) groups is 2. The van der Waals surface area contributed by atoms with E-state index in [9.17, 15) is 19.2 Å². The van der Waals surface area contributed by atoms with Gasteiger partial charge in [0.15, 0.2) is 0 Å². The zero-order chi connectivity index (χ0) is 25.2. The average Bonchev–Trinajstić information content (AvgIpc) is 3.22. The van der Waals surface area contributed by atoms with Gasteiger partial charge < -0.3 is 10.6 Å². The van der Waals surface area contributed by atoms with Gasteiger partial charge in [0.25, 0.3) is 11.8 Å². The molecule has 2 amide bonds. The number of nitrogens with zero attached hydrogens (tertiary/aromatic N) is 3. The molecule has 2 N–H and O–H groups in total. The number of fused-ring (bicyclic) bond motifs is 3. The van der Waals surface area contributed by atoms with Crippen molar-refractivity contribution in [3.8, 4) is 17.2 Å². The molecule has 1 aromatic heterocycles. The highest BCUT2D eigenvalue weighted by Crippen LogP contribution is 2.43. The van der Waals surface area contributed by atoms with Gasteiger partial charge in [-0.2, -0.15) is 5.26 Å². The summed E-state index contributed by atoms with van der Waals surface area (Å²) in [6.45, 7) is 1.84. The molecule has 0 aliphatic heterocycles. The molecule has 1 aliphatic rings. The molecule has 0 saturated heterocycles. The van der Waals surface area contributed by atoms with Crippen molar-refractivity contribution in [2.45, 2.75) is 19.5 Å². The number of benzene rings is 3. The van der Waals surface area contributed by atoms with E-state index in [0.717, 1.165) is 27.8 Å². The monoisotopic (exact) mass is 477 g/mol. The highest BCUT2D eigenvalue weighted by Gasteiger charge is 2.30. The number of halogens is 1. The Morgan fingerprint density at radius 1 is 0.944 bits per heavy atom. The number of amides is 2. The van der Waals surface area contributed by atoms with Crippen molar-refractivity contribution in [1.29, 1.82) is 5.26 Å². The molecule has 36 heavy (non-hydrogen) atoms. The van der Waals surface area contributed by atoms with E-state index in [4.69, 9.17) is 0 Å². The van der Waals surface area contributed by atoms with Gasteiger partial charge >= 0.3 is 0 Å². The van der Waals surface area contributed by atoms with Gasteiger partial charge in [-0.1, -0.05) is 42.5 Å². The van der Waals surface area contributed by atoms with Gasteiger partial charge in [0, 0.05) is 12.6 Å². The van der Waals surface area contributed by atoms with Crippen molar-refractivity contribution in [2.24, 2.45) is 0 Å². The van der Waals surface area contributed by atoms with E-state index in [1.165, 1.54) is 18.5 Å². The number of nitriles is 1. The average molecular weight is 477 g/mol. The van der Waals surface area contributed by atoms with Crippen molar-refractivity contribution in [1.82, 2.24) is 20.6 Å². The molecular formula is C28H20FN5O2. The second-order valence-corrected chi connectivity index (χ2v) is 8.46. The fourth-order valence-corrected chi connectivity index (χ4v) is 4.33. The number of nitrogens with one attached hydrogen (secondary N) is 2. The molecular weight excluding hydrogens is 457 g/mol. The van der Waals surface area contributed by atoms with E-state index in [1.807, 2.05) is 36.4 Å². The molecule has 1 aliphatic carbocycles. The Morgan fingerprint density at radius 3 is 2.47 bits per heavy atom. The third kappa shape index (κ3) is 4.30. The van der Waals surface area contributed by atoms with Crippen LogP contribution in [0.4, 0.5) is 4.39 Å². The number of aromatic nitrogens is 2. The fraction of sp³-hybridized carbons (Fsp3) is 0.107. The first kappa shape index (κ1) is 22.9. The lowest BCUT2D eigenvalue weighted by Crippen LogP contribution is -2.30. The summed E-state index contributed by atoms with van der Waals surface area (Å²) in [5, 5.41) is 15.0. The van der Waals surface area contributed by atoms with E-state index in [2.05, 4.69) is 26.7 Å². The van der Waals surface area contributed by atoms with Crippen LogP contribution in [0.3, 0.4) is 0 Å². The molecule has 176 valence electrons. The van der Waals surface area contributed by atoms with E-state index in [-0.39, 0.29) is 23.7 Å². The lowest BCUT2D eigenvalue weighted by Gasteiger charge is -2.16. The van der Waals surface area contributed by atoms with Crippen molar-refractivity contribution in [3.05, 3.63) is 118 Å². The molecule has 0 unspecified atom stereocenters. The summed E-state index contributed by atoms with van der Waals surface area (Å²) in [7, 11) is 0. The second kappa shape index (κ2) is 9.39. The minimum Gasteiger partial charge on any atom is -0.347 e. The number of rotatable bonds is 5. The minimum absolute atomic E-state index is 0.0415. The van der Waals surface area contributed by atoms with Gasteiger partial charge in [-0.15, -0.1) is 0 Å². The topological polar surface area (TPSA) is 108 Å². The molecule has 0 spiro atoms. The zero-order valence-corrected chi connectivity index (χ0v) is 19.2. The SMILES string of the molecule is Cc1cc(CNC(=O)c2cc(C(=O)N[C@@H]3c4ccccc4-c4cc(C#N)ccc43)ncn2)ccc1F. The van der Waals surface area contributed by atoms with Gasteiger partial charge in [0.05, 0.1) is 17.7 Å². The van der Waals surface area contributed by atoms with Gasteiger partial charge in [-0.25, -0.2) is 14.4 Å². The summed E-state index contributed by atoms with van der Waals surface area (Å²) in [4.78, 5) is 33.8. The fourth-order valence-electron chi connectivity index (χ4n) is 4.33. The minimum atomic E-state index is -0.478. The predicted octanol–water partition coefficient (Wildman–Crippen LogP) is 4.23. The molecule has 0 bridgehead atoms. The Morgan fingerprint density at radius 2 is 1.69 bits per heavy atom. The summed E-state index contributed by atoms with van der Waals surface area (Å²) in [5.41, 5.74) is 5.50. The van der Waals surface area contributed by atoms with Gasteiger partial charge in [0.2, 0.25) is 0 Å². The Labute approximate surface area is 206 Å². The standard InChI is InChI=1S/C28H20FN5O2/c1-16-10-18(7-9-23(16)29)14-31-27(35)24-12-25(33-15-32-24)28(36)34-26-20-5-3-2-4-19(20)22-11-17(13-30)6-8-21(22)26/h2-12,15,26H,14H2,1H3,(H,31,35)(H,34,36)/t26-/m1/s1. The first-order valence-electron chi connectivity index (χ1n) is 11.2. The first-order valence-corrected chi connectivity index (χ1v) is 11.2. The maximum absolute atomic E-state index is 13.5. The quantitative estimate of drug-likeness (QED) is 0.447. The third-order valence-corrected chi connectivity index (χ3v) is 6.14. The summed E-state index contributed by atoms with van der Waals surface area (Å²) in [6.07, 6.45) is 1.17. The molecule has 0 saturated carbocycles. The van der Waals surface area contributed by atoms with Crippen molar-refractivity contribution >= 4 is 11.8 Å². The molecule has 5 rings (SSSR count). The van der Waals surface area contributed by atoms with Crippen LogP contribution in [0, 0.1) is 24.1 Å². The predicted molar refractivity (Wildman–Crippen MR) is 130 cm³/mol.